The summed E-state index contributed by atoms with van der Waals surface area (Å²) < 4.78 is 37.2. The highest BCUT2D eigenvalue weighted by atomic mass is 35.5. The molecular weight excluding hydrogens is 281 g/mol. The lowest BCUT2D eigenvalue weighted by molar-refractivity contribution is 0.521. The van der Waals surface area contributed by atoms with Gasteiger partial charge in [0.2, 0.25) is 10.0 Å². The van der Waals surface area contributed by atoms with Crippen molar-refractivity contribution in [3.63, 3.8) is 0 Å². The molecule has 18 heavy (non-hydrogen) atoms. The molecule has 0 radical (unpaired) electrons. The first kappa shape index (κ1) is 15.0. The molecule has 0 aromatic heterocycles. The molecule has 0 bridgehead atoms. The Bertz CT molecular complexity index is 534. The van der Waals surface area contributed by atoms with E-state index in [0.29, 0.717) is 5.69 Å². The molecule has 5 nitrogen and oxygen atoms in total. The van der Waals surface area contributed by atoms with Crippen molar-refractivity contribution >= 4 is 33.0 Å². The van der Waals surface area contributed by atoms with Crippen LogP contribution < -0.4 is 11.1 Å². The van der Waals surface area contributed by atoms with Crippen LogP contribution in [0.1, 0.15) is 0 Å². The highest BCUT2D eigenvalue weighted by Gasteiger charge is 2.13. The number of nitrogens with one attached hydrogen (secondary N) is 1. The summed E-state index contributed by atoms with van der Waals surface area (Å²) in [5.74, 6) is -0.699. The van der Waals surface area contributed by atoms with Crippen LogP contribution >= 0.6 is 11.6 Å². The zero-order chi connectivity index (χ0) is 13.9. The molecule has 0 atom stereocenters. The number of sulfonamides is 1. The van der Waals surface area contributed by atoms with Crippen LogP contribution in [-0.2, 0) is 10.0 Å². The minimum Gasteiger partial charge on any atom is -0.397 e. The number of nitrogens with zero attached hydrogens (tertiary/aromatic N) is 1. The Labute approximate surface area is 111 Å². The van der Waals surface area contributed by atoms with Gasteiger partial charge in [-0.1, -0.05) is 11.6 Å². The number of anilines is 2. The standard InChI is InChI=1S/C10H15ClFN3O2S/c1-15(2)18(16,17)4-3-14-10-5-7(11)8(12)6-9(10)13/h5-6,14H,3-4,13H2,1-2H3. The van der Waals surface area contributed by atoms with Gasteiger partial charge in [0.15, 0.2) is 0 Å². The minimum atomic E-state index is -3.28. The van der Waals surface area contributed by atoms with E-state index in [9.17, 15) is 12.8 Å². The maximum Gasteiger partial charge on any atom is 0.215 e. The number of rotatable bonds is 5. The zero-order valence-electron chi connectivity index (χ0n) is 10.1. The average molecular weight is 296 g/mol. The average Bonchev–Trinajstić information content (AvgIpc) is 2.25. The fourth-order valence-electron chi connectivity index (χ4n) is 1.21. The van der Waals surface area contributed by atoms with Gasteiger partial charge in [0.1, 0.15) is 5.82 Å². The van der Waals surface area contributed by atoms with Crippen molar-refractivity contribution in [2.75, 3.05) is 37.4 Å². The highest BCUT2D eigenvalue weighted by Crippen LogP contribution is 2.25. The first-order valence-electron chi connectivity index (χ1n) is 5.12. The maximum atomic E-state index is 13.0. The van der Waals surface area contributed by atoms with E-state index >= 15 is 0 Å². The van der Waals surface area contributed by atoms with Crippen LogP contribution in [0.4, 0.5) is 15.8 Å². The van der Waals surface area contributed by atoms with Gasteiger partial charge in [0.05, 0.1) is 22.2 Å². The molecular formula is C10H15ClFN3O2S. The van der Waals surface area contributed by atoms with Crippen LogP contribution in [0.25, 0.3) is 0 Å². The molecule has 3 N–H and O–H groups in total. The van der Waals surface area contributed by atoms with Crippen LogP contribution in [0.2, 0.25) is 5.02 Å². The Kier molecular flexibility index (Phi) is 4.78. The number of hydrogen-bond donors (Lipinski definition) is 2. The fraction of sp³-hybridized carbons (Fsp3) is 0.400. The summed E-state index contributed by atoms with van der Waals surface area (Å²) in [7, 11) is -0.363. The molecule has 8 heteroatoms. The van der Waals surface area contributed by atoms with Gasteiger partial charge < -0.3 is 11.1 Å². The molecule has 0 unspecified atom stereocenters. The minimum absolute atomic E-state index is 0.0674. The summed E-state index contributed by atoms with van der Waals surface area (Å²) in [6.07, 6.45) is 0. The van der Waals surface area contributed by atoms with Crippen LogP contribution in [0.3, 0.4) is 0 Å². The molecule has 0 amide bonds. The second-order valence-corrected chi connectivity index (χ2v) is 6.59. The van der Waals surface area contributed by atoms with E-state index in [1.807, 2.05) is 0 Å². The van der Waals surface area contributed by atoms with Crippen molar-refractivity contribution in [2.45, 2.75) is 0 Å². The first-order valence-corrected chi connectivity index (χ1v) is 7.11. The molecule has 102 valence electrons. The molecule has 0 aliphatic rings. The third-order valence-corrected chi connectivity index (χ3v) is 4.45. The third-order valence-electron chi connectivity index (χ3n) is 2.32. The van der Waals surface area contributed by atoms with Gasteiger partial charge >= 0.3 is 0 Å². The summed E-state index contributed by atoms with van der Waals surface area (Å²) in [5.41, 5.74) is 6.17. The number of nitrogen functional groups attached to an aromatic ring is 1. The second-order valence-electron chi connectivity index (χ2n) is 3.88. The zero-order valence-corrected chi connectivity index (χ0v) is 11.6. The smallest absolute Gasteiger partial charge is 0.215 e. The van der Waals surface area contributed by atoms with E-state index in [2.05, 4.69) is 5.32 Å². The molecule has 0 aliphatic heterocycles. The predicted molar refractivity (Wildman–Crippen MR) is 71.8 cm³/mol. The lowest BCUT2D eigenvalue weighted by atomic mass is 10.2. The number of halogens is 2. The molecule has 0 fully saturated rings. The van der Waals surface area contributed by atoms with E-state index in [4.69, 9.17) is 17.3 Å². The second kappa shape index (κ2) is 5.73. The van der Waals surface area contributed by atoms with Gasteiger partial charge in [-0.15, -0.1) is 0 Å². The summed E-state index contributed by atoms with van der Waals surface area (Å²) >= 11 is 5.61. The maximum absolute atomic E-state index is 13.0. The van der Waals surface area contributed by atoms with Crippen LogP contribution in [0.15, 0.2) is 12.1 Å². The lowest BCUT2D eigenvalue weighted by Gasteiger charge is -2.13. The summed E-state index contributed by atoms with van der Waals surface area (Å²) in [6, 6.07) is 2.42. The number of nitrogens with two attached hydrogens (primary N) is 1. The predicted octanol–water partition coefficient (Wildman–Crippen LogP) is 1.36. The van der Waals surface area contributed by atoms with E-state index < -0.39 is 15.8 Å². The molecule has 1 rings (SSSR count). The molecule has 0 aliphatic carbocycles. The van der Waals surface area contributed by atoms with E-state index in [-0.39, 0.29) is 23.0 Å². The quantitative estimate of drug-likeness (QED) is 0.805. The van der Waals surface area contributed by atoms with Crippen molar-refractivity contribution in [3.8, 4) is 0 Å². The van der Waals surface area contributed by atoms with Gasteiger partial charge in [-0.05, 0) is 6.07 Å². The SMILES string of the molecule is CN(C)S(=O)(=O)CCNc1cc(Cl)c(F)cc1N. The van der Waals surface area contributed by atoms with Gasteiger partial charge in [0, 0.05) is 26.7 Å². The molecule has 0 saturated heterocycles. The van der Waals surface area contributed by atoms with E-state index in [1.165, 1.54) is 20.2 Å². The van der Waals surface area contributed by atoms with E-state index in [1.54, 1.807) is 0 Å². The van der Waals surface area contributed by atoms with Gasteiger partial charge in [0.25, 0.3) is 0 Å². The van der Waals surface area contributed by atoms with Crippen molar-refractivity contribution in [3.05, 3.63) is 23.0 Å². The van der Waals surface area contributed by atoms with Gasteiger partial charge in [-0.25, -0.2) is 17.1 Å². The highest BCUT2D eigenvalue weighted by molar-refractivity contribution is 7.89. The van der Waals surface area contributed by atoms with Crippen molar-refractivity contribution in [2.24, 2.45) is 0 Å². The summed E-state index contributed by atoms with van der Waals surface area (Å²) in [6.45, 7) is 0.159. The monoisotopic (exact) mass is 295 g/mol. The van der Waals surface area contributed by atoms with Gasteiger partial charge in [-0.3, -0.25) is 0 Å². The summed E-state index contributed by atoms with van der Waals surface area (Å²) in [5, 5.41) is 2.74. The Balaban J connectivity index is 2.68. The number of benzene rings is 1. The number of hydrogen-bond acceptors (Lipinski definition) is 4. The molecule has 1 aromatic rings. The largest absolute Gasteiger partial charge is 0.397 e. The Morgan fingerprint density at radius 3 is 2.61 bits per heavy atom. The Hall–Kier alpha value is -1.05. The van der Waals surface area contributed by atoms with Crippen molar-refractivity contribution in [1.29, 1.82) is 0 Å². The van der Waals surface area contributed by atoms with Crippen LogP contribution in [0, 0.1) is 5.82 Å². The first-order chi connectivity index (χ1) is 8.24. The van der Waals surface area contributed by atoms with Gasteiger partial charge in [-0.2, -0.15) is 0 Å². The lowest BCUT2D eigenvalue weighted by Crippen LogP contribution is -2.28. The fourth-order valence-corrected chi connectivity index (χ4v) is 2.10. The Morgan fingerprint density at radius 1 is 1.44 bits per heavy atom. The molecule has 1 aromatic carbocycles. The molecule has 0 spiro atoms. The third kappa shape index (κ3) is 3.72. The van der Waals surface area contributed by atoms with Crippen molar-refractivity contribution in [1.82, 2.24) is 4.31 Å². The topological polar surface area (TPSA) is 75.4 Å². The molecule has 0 heterocycles. The Morgan fingerprint density at radius 2 is 2.06 bits per heavy atom. The summed E-state index contributed by atoms with van der Waals surface area (Å²) in [4.78, 5) is 0. The van der Waals surface area contributed by atoms with Crippen molar-refractivity contribution < 1.29 is 12.8 Å². The normalized spacial score (nSPS) is 11.8. The van der Waals surface area contributed by atoms with Crippen LogP contribution in [0.5, 0.6) is 0 Å². The van der Waals surface area contributed by atoms with Crippen LogP contribution in [-0.4, -0.2) is 39.1 Å². The molecule has 0 saturated carbocycles. The van der Waals surface area contributed by atoms with E-state index in [0.717, 1.165) is 10.4 Å².